The summed E-state index contributed by atoms with van der Waals surface area (Å²) in [6.45, 7) is 0.953. The van der Waals surface area contributed by atoms with Crippen LogP contribution in [-0.4, -0.2) is 32.8 Å². The average Bonchev–Trinajstić information content (AvgIpc) is 2.72. The van der Waals surface area contributed by atoms with E-state index in [1.807, 2.05) is 13.1 Å². The number of rotatable bonds is 3. The van der Waals surface area contributed by atoms with Crippen molar-refractivity contribution in [1.29, 1.82) is 0 Å². The van der Waals surface area contributed by atoms with Crippen molar-refractivity contribution in [3.8, 4) is 0 Å². The fourth-order valence-electron chi connectivity index (χ4n) is 2.25. The largest absolute Gasteiger partial charge is 0.378 e. The van der Waals surface area contributed by atoms with Gasteiger partial charge in [-0.05, 0) is 12.6 Å². The fourth-order valence-corrected chi connectivity index (χ4v) is 2.25. The first-order chi connectivity index (χ1) is 7.36. The predicted molar refractivity (Wildman–Crippen MR) is 60.8 cm³/mol. The molecule has 1 saturated heterocycles. The maximum atomic E-state index is 5.56. The zero-order chi connectivity index (χ0) is 10.7. The molecular weight excluding hydrogens is 188 g/mol. The molecule has 3 heteroatoms. The summed E-state index contributed by atoms with van der Waals surface area (Å²) >= 11 is 0. The lowest BCUT2D eigenvalue weighted by Crippen LogP contribution is -2.38. The number of hydrogen-bond donors (Lipinski definition) is 2. The predicted octanol–water partition coefficient (Wildman–Crippen LogP) is 0.934. The summed E-state index contributed by atoms with van der Waals surface area (Å²) in [6, 6.07) is 11.1. The molecule has 15 heavy (non-hydrogen) atoms. The van der Waals surface area contributed by atoms with Crippen LogP contribution in [0, 0.1) is 0 Å². The Balaban J connectivity index is 2.17. The van der Waals surface area contributed by atoms with E-state index in [1.165, 1.54) is 5.56 Å². The SMILES string of the molecule is CNC1CNC(c2ccccc2)C1OC. The van der Waals surface area contributed by atoms with Crippen molar-refractivity contribution in [2.45, 2.75) is 18.2 Å². The van der Waals surface area contributed by atoms with Gasteiger partial charge in [0.05, 0.1) is 12.1 Å². The van der Waals surface area contributed by atoms with Crippen LogP contribution in [0.25, 0.3) is 0 Å². The Morgan fingerprint density at radius 2 is 2.07 bits per heavy atom. The molecule has 3 atom stereocenters. The summed E-state index contributed by atoms with van der Waals surface area (Å²) in [7, 11) is 3.75. The van der Waals surface area contributed by atoms with Crippen LogP contribution in [0.15, 0.2) is 30.3 Å². The molecule has 0 saturated carbocycles. The molecule has 2 N–H and O–H groups in total. The molecule has 1 aliphatic rings. The van der Waals surface area contributed by atoms with E-state index in [1.54, 1.807) is 7.11 Å². The molecule has 1 aromatic carbocycles. The molecule has 3 unspecified atom stereocenters. The van der Waals surface area contributed by atoms with Crippen molar-refractivity contribution in [3.63, 3.8) is 0 Å². The third-order valence-electron chi connectivity index (χ3n) is 3.08. The Hall–Kier alpha value is -0.900. The molecule has 0 spiro atoms. The standard InChI is InChI=1S/C12H18N2O/c1-13-10-8-14-11(12(10)15-2)9-6-4-3-5-7-9/h3-7,10-14H,8H2,1-2H3. The highest BCUT2D eigenvalue weighted by atomic mass is 16.5. The summed E-state index contributed by atoms with van der Waals surface area (Å²) in [5.41, 5.74) is 1.29. The molecule has 3 nitrogen and oxygen atoms in total. The minimum Gasteiger partial charge on any atom is -0.378 e. The van der Waals surface area contributed by atoms with Crippen LogP contribution in [0.5, 0.6) is 0 Å². The van der Waals surface area contributed by atoms with E-state index < -0.39 is 0 Å². The van der Waals surface area contributed by atoms with Gasteiger partial charge in [-0.3, -0.25) is 0 Å². The Labute approximate surface area is 90.8 Å². The third kappa shape index (κ3) is 2.04. The van der Waals surface area contributed by atoms with Gasteiger partial charge >= 0.3 is 0 Å². The Bertz CT molecular complexity index is 302. The Morgan fingerprint density at radius 1 is 1.33 bits per heavy atom. The highest BCUT2D eigenvalue weighted by molar-refractivity contribution is 5.22. The van der Waals surface area contributed by atoms with Gasteiger partial charge in [-0.1, -0.05) is 30.3 Å². The lowest BCUT2D eigenvalue weighted by molar-refractivity contribution is 0.0733. The Morgan fingerprint density at radius 3 is 2.67 bits per heavy atom. The second-order valence-electron chi connectivity index (χ2n) is 3.89. The van der Waals surface area contributed by atoms with E-state index in [2.05, 4.69) is 34.9 Å². The maximum Gasteiger partial charge on any atom is 0.0930 e. The molecule has 0 bridgehead atoms. The van der Waals surface area contributed by atoms with E-state index in [9.17, 15) is 0 Å². The van der Waals surface area contributed by atoms with Crippen molar-refractivity contribution in [2.75, 3.05) is 20.7 Å². The molecule has 0 aliphatic carbocycles. The molecule has 0 aromatic heterocycles. The van der Waals surface area contributed by atoms with Gasteiger partial charge < -0.3 is 15.4 Å². The van der Waals surface area contributed by atoms with Crippen LogP contribution in [0.2, 0.25) is 0 Å². The quantitative estimate of drug-likeness (QED) is 0.772. The van der Waals surface area contributed by atoms with Gasteiger partial charge in [-0.2, -0.15) is 0 Å². The summed E-state index contributed by atoms with van der Waals surface area (Å²) in [5.74, 6) is 0. The highest BCUT2D eigenvalue weighted by Crippen LogP contribution is 2.25. The molecule has 0 radical (unpaired) electrons. The summed E-state index contributed by atoms with van der Waals surface area (Å²) in [4.78, 5) is 0. The number of nitrogens with one attached hydrogen (secondary N) is 2. The molecule has 2 rings (SSSR count). The third-order valence-corrected chi connectivity index (χ3v) is 3.08. The van der Waals surface area contributed by atoms with Crippen molar-refractivity contribution in [1.82, 2.24) is 10.6 Å². The van der Waals surface area contributed by atoms with Crippen LogP contribution < -0.4 is 10.6 Å². The van der Waals surface area contributed by atoms with Crippen LogP contribution in [-0.2, 0) is 4.74 Å². The van der Waals surface area contributed by atoms with Crippen molar-refractivity contribution < 1.29 is 4.74 Å². The van der Waals surface area contributed by atoms with Crippen LogP contribution >= 0.6 is 0 Å². The van der Waals surface area contributed by atoms with E-state index in [0.29, 0.717) is 12.1 Å². The summed E-state index contributed by atoms with van der Waals surface area (Å²) in [6.07, 6.45) is 0.206. The normalized spacial score (nSPS) is 30.7. The zero-order valence-corrected chi connectivity index (χ0v) is 9.23. The highest BCUT2D eigenvalue weighted by Gasteiger charge is 2.35. The number of hydrogen-bond acceptors (Lipinski definition) is 3. The Kier molecular flexibility index (Phi) is 3.36. The first kappa shape index (κ1) is 10.6. The second kappa shape index (κ2) is 4.75. The van der Waals surface area contributed by atoms with Gasteiger partial charge in [0.2, 0.25) is 0 Å². The number of benzene rings is 1. The lowest BCUT2D eigenvalue weighted by atomic mass is 10.0. The van der Waals surface area contributed by atoms with E-state index in [4.69, 9.17) is 4.74 Å². The molecular formula is C12H18N2O. The molecule has 1 heterocycles. The topological polar surface area (TPSA) is 33.3 Å². The van der Waals surface area contributed by atoms with Crippen molar-refractivity contribution in [2.24, 2.45) is 0 Å². The van der Waals surface area contributed by atoms with E-state index in [-0.39, 0.29) is 6.10 Å². The molecule has 1 aromatic rings. The summed E-state index contributed by atoms with van der Waals surface area (Å²) in [5, 5.41) is 6.76. The first-order valence-corrected chi connectivity index (χ1v) is 5.35. The summed E-state index contributed by atoms with van der Waals surface area (Å²) < 4.78 is 5.56. The van der Waals surface area contributed by atoms with Gasteiger partial charge in [-0.25, -0.2) is 0 Å². The number of ether oxygens (including phenoxy) is 1. The van der Waals surface area contributed by atoms with Crippen LogP contribution in [0.1, 0.15) is 11.6 Å². The average molecular weight is 206 g/mol. The second-order valence-corrected chi connectivity index (χ2v) is 3.89. The van der Waals surface area contributed by atoms with Crippen LogP contribution in [0.4, 0.5) is 0 Å². The smallest absolute Gasteiger partial charge is 0.0930 e. The lowest BCUT2D eigenvalue weighted by Gasteiger charge is -2.22. The minimum absolute atomic E-state index is 0.206. The van der Waals surface area contributed by atoms with Gasteiger partial charge in [-0.15, -0.1) is 0 Å². The maximum absolute atomic E-state index is 5.56. The van der Waals surface area contributed by atoms with Gasteiger partial charge in [0, 0.05) is 19.7 Å². The van der Waals surface area contributed by atoms with Gasteiger partial charge in [0.25, 0.3) is 0 Å². The molecule has 1 fully saturated rings. The fraction of sp³-hybridized carbons (Fsp3) is 0.500. The molecule has 0 amide bonds. The van der Waals surface area contributed by atoms with Gasteiger partial charge in [0.15, 0.2) is 0 Å². The first-order valence-electron chi connectivity index (χ1n) is 5.35. The van der Waals surface area contributed by atoms with Gasteiger partial charge in [0.1, 0.15) is 0 Å². The van der Waals surface area contributed by atoms with E-state index >= 15 is 0 Å². The van der Waals surface area contributed by atoms with Crippen molar-refractivity contribution >= 4 is 0 Å². The van der Waals surface area contributed by atoms with Crippen molar-refractivity contribution in [3.05, 3.63) is 35.9 Å². The zero-order valence-electron chi connectivity index (χ0n) is 9.23. The van der Waals surface area contributed by atoms with E-state index in [0.717, 1.165) is 6.54 Å². The van der Waals surface area contributed by atoms with Crippen LogP contribution in [0.3, 0.4) is 0 Å². The molecule has 1 aliphatic heterocycles. The minimum atomic E-state index is 0.206. The number of methoxy groups -OCH3 is 1. The monoisotopic (exact) mass is 206 g/mol. The molecule has 82 valence electrons. The number of likely N-dealkylation sites (N-methyl/N-ethyl adjacent to an activating group) is 1.